The minimum Gasteiger partial charge on any atom is -0.497 e. The van der Waals surface area contributed by atoms with Gasteiger partial charge < -0.3 is 20.5 Å². The molecule has 0 saturated heterocycles. The molecular formula is C15H17N3O2. The van der Waals surface area contributed by atoms with Gasteiger partial charge in [-0.15, -0.1) is 0 Å². The highest BCUT2D eigenvalue weighted by molar-refractivity contribution is 5.94. The van der Waals surface area contributed by atoms with Crippen LogP contribution in [0.3, 0.4) is 0 Å². The van der Waals surface area contributed by atoms with Crippen molar-refractivity contribution in [3.63, 3.8) is 0 Å². The number of nitrogens with two attached hydrogens (primary N) is 1. The lowest BCUT2D eigenvalue weighted by Crippen LogP contribution is -2.21. The van der Waals surface area contributed by atoms with Gasteiger partial charge in [0.2, 0.25) is 0 Å². The third kappa shape index (κ3) is 3.65. The normalized spacial score (nSPS) is 11.0. The van der Waals surface area contributed by atoms with Gasteiger partial charge in [0.1, 0.15) is 11.5 Å². The number of benzene rings is 2. The van der Waals surface area contributed by atoms with Crippen molar-refractivity contribution in [2.24, 2.45) is 10.7 Å². The summed E-state index contributed by atoms with van der Waals surface area (Å²) < 4.78 is 10.2. The average molecular weight is 271 g/mol. The molecule has 0 aliphatic rings. The summed E-state index contributed by atoms with van der Waals surface area (Å²) in [7, 11) is 3.25. The van der Waals surface area contributed by atoms with Crippen LogP contribution < -0.4 is 20.5 Å². The van der Waals surface area contributed by atoms with E-state index in [-0.39, 0.29) is 0 Å². The minimum atomic E-state index is 0.320. The van der Waals surface area contributed by atoms with Crippen LogP contribution in [0.4, 0.5) is 11.4 Å². The van der Waals surface area contributed by atoms with Crippen molar-refractivity contribution in [2.75, 3.05) is 19.5 Å². The van der Waals surface area contributed by atoms with E-state index in [9.17, 15) is 0 Å². The van der Waals surface area contributed by atoms with Crippen molar-refractivity contribution in [3.8, 4) is 11.5 Å². The van der Waals surface area contributed by atoms with Crippen molar-refractivity contribution in [3.05, 3.63) is 48.5 Å². The molecule has 0 aliphatic carbocycles. The van der Waals surface area contributed by atoms with E-state index in [0.717, 1.165) is 22.9 Å². The molecule has 5 heteroatoms. The summed E-state index contributed by atoms with van der Waals surface area (Å²) in [6.07, 6.45) is 0. The first-order valence-electron chi connectivity index (χ1n) is 6.10. The first kappa shape index (κ1) is 13.7. The second-order valence-corrected chi connectivity index (χ2v) is 4.05. The molecule has 0 aromatic heterocycles. The number of guanidine groups is 1. The largest absolute Gasteiger partial charge is 0.497 e. The van der Waals surface area contributed by atoms with E-state index in [2.05, 4.69) is 10.3 Å². The van der Waals surface area contributed by atoms with Crippen molar-refractivity contribution < 1.29 is 9.47 Å². The fourth-order valence-electron chi connectivity index (χ4n) is 1.65. The van der Waals surface area contributed by atoms with Gasteiger partial charge in [0.15, 0.2) is 5.96 Å². The molecule has 0 atom stereocenters. The van der Waals surface area contributed by atoms with E-state index in [0.29, 0.717) is 5.96 Å². The van der Waals surface area contributed by atoms with Crippen molar-refractivity contribution in [2.45, 2.75) is 0 Å². The summed E-state index contributed by atoms with van der Waals surface area (Å²) in [5, 5.41) is 3.01. The zero-order chi connectivity index (χ0) is 14.4. The monoisotopic (exact) mass is 271 g/mol. The first-order valence-corrected chi connectivity index (χ1v) is 6.10. The number of rotatable bonds is 4. The molecule has 0 spiro atoms. The zero-order valence-electron chi connectivity index (χ0n) is 11.5. The summed E-state index contributed by atoms with van der Waals surface area (Å²) in [5.74, 6) is 1.90. The molecule has 0 bridgehead atoms. The lowest BCUT2D eigenvalue weighted by Gasteiger charge is -2.06. The molecule has 0 unspecified atom stereocenters. The van der Waals surface area contributed by atoms with Crippen LogP contribution in [0.5, 0.6) is 11.5 Å². The van der Waals surface area contributed by atoms with E-state index in [1.54, 1.807) is 14.2 Å². The van der Waals surface area contributed by atoms with Gasteiger partial charge >= 0.3 is 0 Å². The van der Waals surface area contributed by atoms with Gasteiger partial charge in [-0.2, -0.15) is 0 Å². The van der Waals surface area contributed by atoms with Gasteiger partial charge in [-0.1, -0.05) is 0 Å². The highest BCUT2D eigenvalue weighted by Crippen LogP contribution is 2.18. The number of hydrogen-bond acceptors (Lipinski definition) is 3. The van der Waals surface area contributed by atoms with E-state index in [1.165, 1.54) is 0 Å². The third-order valence-electron chi connectivity index (χ3n) is 2.68. The number of hydrogen-bond donors (Lipinski definition) is 2. The lowest BCUT2D eigenvalue weighted by molar-refractivity contribution is 0.415. The Bertz CT molecular complexity index is 577. The Morgan fingerprint density at radius 3 is 1.90 bits per heavy atom. The fourth-order valence-corrected chi connectivity index (χ4v) is 1.65. The third-order valence-corrected chi connectivity index (χ3v) is 2.68. The van der Waals surface area contributed by atoms with E-state index in [4.69, 9.17) is 15.2 Å². The molecule has 2 aromatic rings. The molecule has 0 aliphatic heterocycles. The standard InChI is InChI=1S/C15H17N3O2/c1-19-13-7-3-11(4-8-13)17-15(16)18-12-5-9-14(20-2)10-6-12/h3-10H,1-2H3,(H3,16,17,18). The smallest absolute Gasteiger partial charge is 0.198 e. The van der Waals surface area contributed by atoms with Crippen LogP contribution in [0, 0.1) is 0 Å². The molecule has 104 valence electrons. The van der Waals surface area contributed by atoms with Gasteiger partial charge in [0.25, 0.3) is 0 Å². The van der Waals surface area contributed by atoms with Crippen molar-refractivity contribution in [1.82, 2.24) is 0 Å². The van der Waals surface area contributed by atoms with Crippen LogP contribution in [-0.4, -0.2) is 20.2 Å². The summed E-state index contributed by atoms with van der Waals surface area (Å²) in [5.41, 5.74) is 7.46. The Balaban J connectivity index is 2.05. The number of aliphatic imine (C=N–C) groups is 1. The molecule has 20 heavy (non-hydrogen) atoms. The van der Waals surface area contributed by atoms with E-state index in [1.807, 2.05) is 48.5 Å². The van der Waals surface area contributed by atoms with Crippen molar-refractivity contribution in [1.29, 1.82) is 0 Å². The maximum atomic E-state index is 5.86. The van der Waals surface area contributed by atoms with Gasteiger partial charge in [-0.05, 0) is 48.5 Å². The predicted octanol–water partition coefficient (Wildman–Crippen LogP) is 2.76. The van der Waals surface area contributed by atoms with Gasteiger partial charge in [0, 0.05) is 5.69 Å². The Kier molecular flexibility index (Phi) is 4.44. The van der Waals surface area contributed by atoms with Crippen LogP contribution in [0.2, 0.25) is 0 Å². The number of anilines is 1. The molecular weight excluding hydrogens is 254 g/mol. The molecule has 3 N–H and O–H groups in total. The summed E-state index contributed by atoms with van der Waals surface area (Å²) >= 11 is 0. The number of methoxy groups -OCH3 is 2. The molecule has 0 radical (unpaired) electrons. The highest BCUT2D eigenvalue weighted by atomic mass is 16.5. The molecule has 5 nitrogen and oxygen atoms in total. The molecule has 0 heterocycles. The van der Waals surface area contributed by atoms with Crippen LogP contribution in [0.1, 0.15) is 0 Å². The van der Waals surface area contributed by atoms with Crippen LogP contribution in [0.25, 0.3) is 0 Å². The quantitative estimate of drug-likeness (QED) is 0.662. The Labute approximate surface area is 118 Å². The first-order chi connectivity index (χ1) is 9.71. The van der Waals surface area contributed by atoms with Crippen molar-refractivity contribution >= 4 is 17.3 Å². The number of nitrogens with zero attached hydrogens (tertiary/aromatic N) is 1. The minimum absolute atomic E-state index is 0.320. The predicted molar refractivity (Wildman–Crippen MR) is 80.9 cm³/mol. The Morgan fingerprint density at radius 1 is 0.900 bits per heavy atom. The maximum absolute atomic E-state index is 5.86. The molecule has 2 rings (SSSR count). The zero-order valence-corrected chi connectivity index (χ0v) is 11.5. The second-order valence-electron chi connectivity index (χ2n) is 4.05. The Hall–Kier alpha value is -2.69. The second kappa shape index (κ2) is 6.47. The maximum Gasteiger partial charge on any atom is 0.198 e. The van der Waals surface area contributed by atoms with Crippen LogP contribution >= 0.6 is 0 Å². The van der Waals surface area contributed by atoms with Gasteiger partial charge in [-0.3, -0.25) is 0 Å². The fraction of sp³-hybridized carbons (Fsp3) is 0.133. The molecule has 0 amide bonds. The topological polar surface area (TPSA) is 68.9 Å². The van der Waals surface area contributed by atoms with Crippen LogP contribution in [0.15, 0.2) is 53.5 Å². The molecule has 0 saturated carbocycles. The van der Waals surface area contributed by atoms with E-state index < -0.39 is 0 Å². The Morgan fingerprint density at radius 2 is 1.40 bits per heavy atom. The molecule has 2 aromatic carbocycles. The number of ether oxygens (including phenoxy) is 2. The van der Waals surface area contributed by atoms with Gasteiger partial charge in [-0.25, -0.2) is 4.99 Å². The van der Waals surface area contributed by atoms with E-state index >= 15 is 0 Å². The number of nitrogens with one attached hydrogen (secondary N) is 1. The van der Waals surface area contributed by atoms with Gasteiger partial charge in [0.05, 0.1) is 19.9 Å². The summed E-state index contributed by atoms with van der Waals surface area (Å²) in [4.78, 5) is 4.27. The average Bonchev–Trinajstić information content (AvgIpc) is 2.49. The van der Waals surface area contributed by atoms with Crippen LogP contribution in [-0.2, 0) is 0 Å². The molecule has 0 fully saturated rings. The highest BCUT2D eigenvalue weighted by Gasteiger charge is 1.97. The summed E-state index contributed by atoms with van der Waals surface area (Å²) in [6, 6.07) is 14.8. The lowest BCUT2D eigenvalue weighted by atomic mass is 10.3. The summed E-state index contributed by atoms with van der Waals surface area (Å²) in [6.45, 7) is 0. The SMILES string of the molecule is COc1ccc(N=C(N)Nc2ccc(OC)cc2)cc1.